The van der Waals surface area contributed by atoms with Gasteiger partial charge in [-0.2, -0.15) is 8.42 Å². The van der Waals surface area contributed by atoms with Crippen molar-refractivity contribution in [1.29, 1.82) is 0 Å². The molecule has 2 heterocycles. The quantitative estimate of drug-likeness (QED) is 0.747. The van der Waals surface area contributed by atoms with Crippen LogP contribution < -0.4 is 14.2 Å². The van der Waals surface area contributed by atoms with Crippen LogP contribution in [0.1, 0.15) is 23.2 Å². The van der Waals surface area contributed by atoms with Crippen molar-refractivity contribution in [2.45, 2.75) is 12.8 Å². The summed E-state index contributed by atoms with van der Waals surface area (Å²) in [6.45, 7) is 0.620. The molecule has 1 saturated carbocycles. The fraction of sp³-hybridized carbons (Fsp3) is 0.267. The predicted octanol–water partition coefficient (Wildman–Crippen LogP) is 2.11. The minimum Gasteiger partial charge on any atom is -0.477 e. The fourth-order valence-electron chi connectivity index (χ4n) is 1.94. The van der Waals surface area contributed by atoms with Gasteiger partial charge in [0.15, 0.2) is 5.75 Å². The topological polar surface area (TPSA) is 107 Å². The first-order chi connectivity index (χ1) is 11.9. The number of aromatic nitrogens is 2. The highest BCUT2D eigenvalue weighted by Crippen LogP contribution is 2.29. The fourth-order valence-corrected chi connectivity index (χ4v) is 2.26. The molecule has 0 spiro atoms. The normalized spacial score (nSPS) is 14.0. The number of carbonyl (C=O) groups excluding carboxylic acids is 1. The first-order valence-electron chi connectivity index (χ1n) is 7.38. The molecule has 1 aliphatic rings. The monoisotopic (exact) mass is 367 g/mol. The molecule has 0 unspecified atom stereocenters. The number of nitrogens with zero attached hydrogens (tertiary/aromatic N) is 2. The van der Waals surface area contributed by atoms with Gasteiger partial charge in [0.1, 0.15) is 0 Å². The maximum absolute atomic E-state index is 12.5. The maximum atomic E-state index is 12.5. The lowest BCUT2D eigenvalue weighted by molar-refractivity contribution is 0.102. The highest BCUT2D eigenvalue weighted by atomic mass is 32.3. The Morgan fingerprint density at radius 2 is 2.08 bits per heavy atom. The molecule has 1 N–H and O–H groups in total. The first kappa shape index (κ1) is 17.1. The van der Waals surface area contributed by atoms with E-state index < -0.39 is 16.4 Å². The van der Waals surface area contributed by atoms with Gasteiger partial charge in [0.05, 0.1) is 30.3 Å². The number of amides is 1. The molecule has 3 rings (SSSR count). The van der Waals surface area contributed by atoms with Crippen LogP contribution in [0.2, 0.25) is 0 Å². The van der Waals surface area contributed by atoms with Crippen molar-refractivity contribution < 1.29 is 26.0 Å². The number of rotatable bonds is 7. The van der Waals surface area contributed by atoms with Crippen molar-refractivity contribution in [3.05, 3.63) is 42.4 Å². The standard InChI is InChI=1S/C15H14FN3O5S/c16-25(21,22)24-13-5-12(7-17-8-13)19-15(20)11-3-4-14(18-6-11)23-9-10-1-2-10/h3-8,10H,1-2,9H2,(H,19,20). The Balaban J connectivity index is 1.62. The van der Waals surface area contributed by atoms with Crippen molar-refractivity contribution in [1.82, 2.24) is 9.97 Å². The first-order valence-corrected chi connectivity index (χ1v) is 8.69. The second kappa shape index (κ2) is 7.01. The van der Waals surface area contributed by atoms with E-state index in [4.69, 9.17) is 4.74 Å². The Morgan fingerprint density at radius 1 is 1.28 bits per heavy atom. The molecule has 1 fully saturated rings. The summed E-state index contributed by atoms with van der Waals surface area (Å²) in [7, 11) is -5.16. The Bertz CT molecular complexity index is 869. The predicted molar refractivity (Wildman–Crippen MR) is 85.3 cm³/mol. The number of nitrogens with one attached hydrogen (secondary N) is 1. The van der Waals surface area contributed by atoms with Gasteiger partial charge in [-0.15, -0.1) is 0 Å². The molecule has 0 saturated heterocycles. The molecular formula is C15H14FN3O5S. The summed E-state index contributed by atoms with van der Waals surface area (Å²) in [5.41, 5.74) is 0.406. The Kier molecular flexibility index (Phi) is 4.79. The summed E-state index contributed by atoms with van der Waals surface area (Å²) in [5, 5.41) is 2.48. The average Bonchev–Trinajstić information content (AvgIpc) is 3.36. The number of halogens is 1. The molecule has 0 aromatic carbocycles. The van der Waals surface area contributed by atoms with Crippen molar-refractivity contribution in [2.24, 2.45) is 5.92 Å². The molecule has 0 radical (unpaired) electrons. The van der Waals surface area contributed by atoms with Crippen LogP contribution in [0.5, 0.6) is 11.6 Å². The summed E-state index contributed by atoms with van der Waals surface area (Å²) in [6.07, 6.45) is 5.95. The molecule has 2 aromatic heterocycles. The molecule has 2 aromatic rings. The van der Waals surface area contributed by atoms with Gasteiger partial charge in [-0.05, 0) is 24.8 Å². The van der Waals surface area contributed by atoms with Gasteiger partial charge < -0.3 is 14.2 Å². The molecule has 0 bridgehead atoms. The third-order valence-electron chi connectivity index (χ3n) is 3.33. The van der Waals surface area contributed by atoms with E-state index in [0.717, 1.165) is 12.3 Å². The zero-order valence-electron chi connectivity index (χ0n) is 12.9. The number of hydrogen-bond acceptors (Lipinski definition) is 7. The second-order valence-corrected chi connectivity index (χ2v) is 6.43. The molecular weight excluding hydrogens is 353 g/mol. The van der Waals surface area contributed by atoms with Crippen molar-refractivity contribution in [3.8, 4) is 11.6 Å². The van der Waals surface area contributed by atoms with E-state index in [1.807, 2.05) is 0 Å². The SMILES string of the molecule is O=C(Nc1cncc(OS(=O)(=O)F)c1)c1ccc(OCC2CC2)nc1. The van der Waals surface area contributed by atoms with Crippen LogP contribution in [0.25, 0.3) is 0 Å². The third-order valence-corrected chi connectivity index (χ3v) is 3.72. The van der Waals surface area contributed by atoms with Crippen LogP contribution in [0.3, 0.4) is 0 Å². The smallest absolute Gasteiger partial charge is 0.477 e. The largest absolute Gasteiger partial charge is 0.488 e. The van der Waals surface area contributed by atoms with Crippen molar-refractivity contribution in [3.63, 3.8) is 0 Å². The van der Waals surface area contributed by atoms with Gasteiger partial charge in [-0.3, -0.25) is 9.78 Å². The number of ether oxygens (including phenoxy) is 1. The van der Waals surface area contributed by atoms with E-state index in [0.29, 0.717) is 18.4 Å². The Labute approximate surface area is 143 Å². The number of pyridine rings is 2. The molecule has 1 amide bonds. The summed E-state index contributed by atoms with van der Waals surface area (Å²) in [6, 6.07) is 4.26. The molecule has 0 atom stereocenters. The zero-order chi connectivity index (χ0) is 17.9. The lowest BCUT2D eigenvalue weighted by Gasteiger charge is -2.07. The van der Waals surface area contributed by atoms with Gasteiger partial charge in [0, 0.05) is 18.3 Å². The van der Waals surface area contributed by atoms with E-state index in [1.54, 1.807) is 12.1 Å². The zero-order valence-corrected chi connectivity index (χ0v) is 13.7. The molecule has 25 heavy (non-hydrogen) atoms. The van der Waals surface area contributed by atoms with Gasteiger partial charge in [-0.1, -0.05) is 3.89 Å². The van der Waals surface area contributed by atoms with E-state index in [2.05, 4.69) is 19.5 Å². The van der Waals surface area contributed by atoms with Crippen molar-refractivity contribution >= 4 is 22.1 Å². The average molecular weight is 367 g/mol. The molecule has 8 nitrogen and oxygen atoms in total. The molecule has 10 heteroatoms. The minimum atomic E-state index is -5.16. The van der Waals surface area contributed by atoms with Crippen molar-refractivity contribution in [2.75, 3.05) is 11.9 Å². The van der Waals surface area contributed by atoms with E-state index >= 15 is 0 Å². The van der Waals surface area contributed by atoms with Crippen LogP contribution in [-0.2, 0) is 10.5 Å². The van der Waals surface area contributed by atoms with Crippen LogP contribution in [0.15, 0.2) is 36.8 Å². The highest BCUT2D eigenvalue weighted by Gasteiger charge is 2.22. The van der Waals surface area contributed by atoms with Gasteiger partial charge >= 0.3 is 10.5 Å². The van der Waals surface area contributed by atoms with Crippen LogP contribution in [0, 0.1) is 5.92 Å². The van der Waals surface area contributed by atoms with Crippen LogP contribution in [-0.4, -0.2) is 30.9 Å². The third kappa shape index (κ3) is 5.38. The van der Waals surface area contributed by atoms with Crippen LogP contribution in [0.4, 0.5) is 9.57 Å². The number of hydrogen-bond donors (Lipinski definition) is 1. The van der Waals surface area contributed by atoms with Gasteiger partial charge in [0.2, 0.25) is 5.88 Å². The summed E-state index contributed by atoms with van der Waals surface area (Å²) in [5.74, 6) is 0.180. The molecule has 0 aliphatic heterocycles. The lowest BCUT2D eigenvalue weighted by Crippen LogP contribution is -2.13. The van der Waals surface area contributed by atoms with E-state index in [9.17, 15) is 17.1 Å². The van der Waals surface area contributed by atoms with E-state index in [-0.39, 0.29) is 17.0 Å². The highest BCUT2D eigenvalue weighted by molar-refractivity contribution is 7.81. The lowest BCUT2D eigenvalue weighted by atomic mass is 10.2. The van der Waals surface area contributed by atoms with Gasteiger partial charge in [0.25, 0.3) is 5.91 Å². The van der Waals surface area contributed by atoms with E-state index in [1.165, 1.54) is 25.2 Å². The van der Waals surface area contributed by atoms with Gasteiger partial charge in [-0.25, -0.2) is 4.98 Å². The van der Waals surface area contributed by atoms with Crippen LogP contribution >= 0.6 is 0 Å². The number of carbonyl (C=O) groups is 1. The minimum absolute atomic E-state index is 0.139. The Hall–Kier alpha value is -2.75. The molecule has 1 aliphatic carbocycles. The summed E-state index contributed by atoms with van der Waals surface area (Å²) in [4.78, 5) is 19.9. The summed E-state index contributed by atoms with van der Waals surface area (Å²) < 4.78 is 43.0. The Morgan fingerprint density at radius 3 is 2.72 bits per heavy atom. The maximum Gasteiger partial charge on any atom is 0.488 e. The molecule has 132 valence electrons. The number of anilines is 1. The second-order valence-electron chi connectivity index (χ2n) is 5.48. The summed E-state index contributed by atoms with van der Waals surface area (Å²) >= 11 is 0.